The Labute approximate surface area is 121 Å². The molecule has 0 unspecified atom stereocenters. The second kappa shape index (κ2) is 6.44. The van der Waals surface area contributed by atoms with E-state index in [1.807, 2.05) is 0 Å². The zero-order valence-electron chi connectivity index (χ0n) is 11.3. The first-order chi connectivity index (χ1) is 9.67. The highest BCUT2D eigenvalue weighted by Gasteiger charge is 2.12. The Balaban J connectivity index is 2.65. The number of hydrogen-bond donors (Lipinski definition) is 1. The summed E-state index contributed by atoms with van der Waals surface area (Å²) in [5.74, 6) is 0.582. The average Bonchev–Trinajstić information content (AvgIpc) is 2.45. The zero-order chi connectivity index (χ0) is 14.5. The molecule has 0 radical (unpaired) electrons. The van der Waals surface area contributed by atoms with Crippen molar-refractivity contribution in [2.24, 2.45) is 0 Å². The van der Waals surface area contributed by atoms with Crippen LogP contribution >= 0.6 is 12.2 Å². The van der Waals surface area contributed by atoms with Crippen LogP contribution in [0.15, 0.2) is 29.2 Å². The van der Waals surface area contributed by atoms with Crippen LogP contribution in [0.4, 0.5) is 0 Å². The minimum atomic E-state index is -0.272. The molecular formula is C13H15N3O3S. The number of nitrogens with zero attached hydrogens (tertiary/aromatic N) is 2. The van der Waals surface area contributed by atoms with Crippen LogP contribution in [-0.2, 0) is 11.3 Å². The molecule has 0 aliphatic heterocycles. The molecule has 0 spiro atoms. The van der Waals surface area contributed by atoms with Crippen LogP contribution in [0.2, 0.25) is 0 Å². The van der Waals surface area contributed by atoms with E-state index in [4.69, 9.17) is 21.7 Å². The van der Waals surface area contributed by atoms with Gasteiger partial charge in [0.15, 0.2) is 4.77 Å². The fraction of sp³-hybridized carbons (Fsp3) is 0.308. The van der Waals surface area contributed by atoms with Crippen LogP contribution in [0.25, 0.3) is 11.4 Å². The van der Waals surface area contributed by atoms with Crippen molar-refractivity contribution in [3.8, 4) is 17.1 Å². The third-order valence-corrected chi connectivity index (χ3v) is 3.11. The molecule has 2 aromatic heterocycles. The van der Waals surface area contributed by atoms with Crippen molar-refractivity contribution in [2.75, 3.05) is 20.8 Å². The highest BCUT2D eigenvalue weighted by atomic mass is 32.1. The van der Waals surface area contributed by atoms with Gasteiger partial charge in [0.05, 0.1) is 19.4 Å². The van der Waals surface area contributed by atoms with Gasteiger partial charge in [0, 0.05) is 25.9 Å². The lowest BCUT2D eigenvalue weighted by Gasteiger charge is -2.14. The van der Waals surface area contributed by atoms with E-state index in [-0.39, 0.29) is 5.56 Å². The summed E-state index contributed by atoms with van der Waals surface area (Å²) in [7, 11) is 3.16. The SMILES string of the molecule is COCCn1c(-c2ncccc2OC)cc(=O)[nH]c1=S. The second-order valence-electron chi connectivity index (χ2n) is 4.02. The molecule has 7 heteroatoms. The second-order valence-corrected chi connectivity index (χ2v) is 4.41. The molecular weight excluding hydrogens is 278 g/mol. The highest BCUT2D eigenvalue weighted by molar-refractivity contribution is 7.71. The van der Waals surface area contributed by atoms with Crippen LogP contribution < -0.4 is 10.3 Å². The van der Waals surface area contributed by atoms with Crippen LogP contribution in [0.3, 0.4) is 0 Å². The molecule has 0 atom stereocenters. The van der Waals surface area contributed by atoms with Gasteiger partial charge in [-0.3, -0.25) is 14.8 Å². The summed E-state index contributed by atoms with van der Waals surface area (Å²) >= 11 is 5.20. The largest absolute Gasteiger partial charge is 0.494 e. The quantitative estimate of drug-likeness (QED) is 0.848. The van der Waals surface area contributed by atoms with E-state index in [1.54, 1.807) is 37.1 Å². The lowest BCUT2D eigenvalue weighted by Crippen LogP contribution is -2.17. The third kappa shape index (κ3) is 2.94. The van der Waals surface area contributed by atoms with E-state index in [1.165, 1.54) is 6.07 Å². The Bertz CT molecular complexity index is 708. The molecule has 2 heterocycles. The van der Waals surface area contributed by atoms with E-state index in [9.17, 15) is 4.79 Å². The Morgan fingerprint density at radius 3 is 2.95 bits per heavy atom. The lowest BCUT2D eigenvalue weighted by atomic mass is 10.2. The van der Waals surface area contributed by atoms with Gasteiger partial charge in [0.2, 0.25) is 0 Å². The number of aromatic amines is 1. The first-order valence-electron chi connectivity index (χ1n) is 6.00. The summed E-state index contributed by atoms with van der Waals surface area (Å²) in [4.78, 5) is 18.6. The van der Waals surface area contributed by atoms with Gasteiger partial charge < -0.3 is 14.0 Å². The van der Waals surface area contributed by atoms with E-state index < -0.39 is 0 Å². The minimum absolute atomic E-state index is 0.272. The van der Waals surface area contributed by atoms with Crippen molar-refractivity contribution in [2.45, 2.75) is 6.54 Å². The van der Waals surface area contributed by atoms with Gasteiger partial charge in [0.25, 0.3) is 5.56 Å². The zero-order valence-corrected chi connectivity index (χ0v) is 12.1. The number of rotatable bonds is 5. The molecule has 2 rings (SSSR count). The highest BCUT2D eigenvalue weighted by Crippen LogP contribution is 2.26. The van der Waals surface area contributed by atoms with Gasteiger partial charge in [-0.05, 0) is 24.4 Å². The van der Waals surface area contributed by atoms with Gasteiger partial charge in [-0.15, -0.1) is 0 Å². The van der Waals surface area contributed by atoms with Gasteiger partial charge in [-0.1, -0.05) is 0 Å². The fourth-order valence-electron chi connectivity index (χ4n) is 1.87. The lowest BCUT2D eigenvalue weighted by molar-refractivity contribution is 0.186. The summed E-state index contributed by atoms with van der Waals surface area (Å²) in [6, 6.07) is 5.01. The third-order valence-electron chi connectivity index (χ3n) is 2.79. The molecule has 0 amide bonds. The molecule has 106 valence electrons. The van der Waals surface area contributed by atoms with Crippen LogP contribution in [0.5, 0.6) is 5.75 Å². The summed E-state index contributed by atoms with van der Waals surface area (Å²) in [6.07, 6.45) is 1.64. The van der Waals surface area contributed by atoms with Gasteiger partial charge in [-0.2, -0.15) is 0 Å². The molecule has 0 saturated carbocycles. The molecule has 0 aliphatic carbocycles. The molecule has 0 saturated heterocycles. The molecule has 0 fully saturated rings. The van der Waals surface area contributed by atoms with Gasteiger partial charge in [-0.25, -0.2) is 0 Å². The van der Waals surface area contributed by atoms with Crippen LogP contribution in [0.1, 0.15) is 0 Å². The Morgan fingerprint density at radius 1 is 1.45 bits per heavy atom. The standard InChI is InChI=1S/C13H15N3O3S/c1-18-7-6-16-9(8-11(17)15-13(16)20)12-10(19-2)4-3-5-14-12/h3-5,8H,6-7H2,1-2H3,(H,15,17,20). The average molecular weight is 293 g/mol. The predicted octanol–water partition coefficient (Wildman–Crippen LogP) is 1.62. The number of H-pyrrole nitrogens is 1. The van der Waals surface area contributed by atoms with Crippen LogP contribution in [0, 0.1) is 4.77 Å². The molecule has 0 bridgehead atoms. The number of ether oxygens (including phenoxy) is 2. The number of methoxy groups -OCH3 is 2. The Morgan fingerprint density at radius 2 is 2.25 bits per heavy atom. The predicted molar refractivity (Wildman–Crippen MR) is 77.5 cm³/mol. The monoisotopic (exact) mass is 293 g/mol. The minimum Gasteiger partial charge on any atom is -0.494 e. The van der Waals surface area contributed by atoms with Crippen molar-refractivity contribution < 1.29 is 9.47 Å². The summed E-state index contributed by atoms with van der Waals surface area (Å²) in [6.45, 7) is 0.990. The first kappa shape index (κ1) is 14.4. The number of aromatic nitrogens is 3. The van der Waals surface area contributed by atoms with Crippen molar-refractivity contribution in [1.29, 1.82) is 0 Å². The van der Waals surface area contributed by atoms with Crippen molar-refractivity contribution in [1.82, 2.24) is 14.5 Å². The summed E-state index contributed by atoms with van der Waals surface area (Å²) in [5.41, 5.74) is 0.905. The molecule has 6 nitrogen and oxygen atoms in total. The first-order valence-corrected chi connectivity index (χ1v) is 6.40. The van der Waals surface area contributed by atoms with Crippen LogP contribution in [-0.4, -0.2) is 35.4 Å². The number of nitrogens with one attached hydrogen (secondary N) is 1. The Hall–Kier alpha value is -1.99. The maximum absolute atomic E-state index is 11.7. The van der Waals surface area contributed by atoms with E-state index in [0.717, 1.165) is 0 Å². The van der Waals surface area contributed by atoms with Crippen molar-refractivity contribution in [3.63, 3.8) is 0 Å². The molecule has 2 aromatic rings. The molecule has 1 N–H and O–H groups in total. The molecule has 20 heavy (non-hydrogen) atoms. The number of hydrogen-bond acceptors (Lipinski definition) is 5. The van der Waals surface area contributed by atoms with Gasteiger partial charge >= 0.3 is 0 Å². The smallest absolute Gasteiger partial charge is 0.252 e. The maximum Gasteiger partial charge on any atom is 0.252 e. The number of pyridine rings is 1. The van der Waals surface area contributed by atoms with Crippen molar-refractivity contribution in [3.05, 3.63) is 39.5 Å². The topological polar surface area (TPSA) is 69.1 Å². The van der Waals surface area contributed by atoms with E-state index >= 15 is 0 Å². The summed E-state index contributed by atoms with van der Waals surface area (Å²) < 4.78 is 12.5. The van der Waals surface area contributed by atoms with E-state index in [2.05, 4.69) is 9.97 Å². The van der Waals surface area contributed by atoms with E-state index in [0.29, 0.717) is 35.1 Å². The molecule has 0 aliphatic rings. The fourth-order valence-corrected chi connectivity index (χ4v) is 2.16. The summed E-state index contributed by atoms with van der Waals surface area (Å²) in [5, 5.41) is 0. The van der Waals surface area contributed by atoms with Crippen molar-refractivity contribution >= 4 is 12.2 Å². The van der Waals surface area contributed by atoms with Gasteiger partial charge in [0.1, 0.15) is 11.4 Å². The Kier molecular flexibility index (Phi) is 4.65. The molecule has 0 aromatic carbocycles. The maximum atomic E-state index is 11.7. The normalized spacial score (nSPS) is 10.5.